The minimum Gasteiger partial charge on any atom is -0.326 e. The maximum absolute atomic E-state index is 11.2. The first-order chi connectivity index (χ1) is 6.81. The lowest BCUT2D eigenvalue weighted by molar-refractivity contribution is -0.115. The lowest BCUT2D eigenvalue weighted by Gasteiger charge is -2.08. The largest absolute Gasteiger partial charge is 0.326 e. The van der Waals surface area contributed by atoms with Gasteiger partial charge in [0.1, 0.15) is 0 Å². The SMILES string of the molecule is CCC(=O)Nc1cccc2c1CC=C2. The van der Waals surface area contributed by atoms with Crippen molar-refractivity contribution in [1.29, 1.82) is 0 Å². The Labute approximate surface area is 83.6 Å². The summed E-state index contributed by atoms with van der Waals surface area (Å²) in [6.45, 7) is 1.86. The molecule has 0 aliphatic heterocycles. The fourth-order valence-corrected chi connectivity index (χ4v) is 1.65. The summed E-state index contributed by atoms with van der Waals surface area (Å²) in [6.07, 6.45) is 5.66. The number of amides is 1. The fourth-order valence-electron chi connectivity index (χ4n) is 1.65. The molecule has 2 rings (SSSR count). The molecule has 0 aromatic heterocycles. The van der Waals surface area contributed by atoms with E-state index in [2.05, 4.69) is 23.5 Å². The van der Waals surface area contributed by atoms with Crippen molar-refractivity contribution < 1.29 is 4.79 Å². The van der Waals surface area contributed by atoms with Crippen LogP contribution in [-0.4, -0.2) is 5.91 Å². The highest BCUT2D eigenvalue weighted by Crippen LogP contribution is 2.26. The zero-order valence-electron chi connectivity index (χ0n) is 8.21. The van der Waals surface area contributed by atoms with Gasteiger partial charge < -0.3 is 5.32 Å². The molecule has 1 amide bonds. The quantitative estimate of drug-likeness (QED) is 0.757. The second-order valence-corrected chi connectivity index (χ2v) is 3.38. The maximum Gasteiger partial charge on any atom is 0.224 e. The van der Waals surface area contributed by atoms with Gasteiger partial charge in [0.25, 0.3) is 0 Å². The second-order valence-electron chi connectivity index (χ2n) is 3.38. The summed E-state index contributed by atoms with van der Waals surface area (Å²) in [5.41, 5.74) is 3.41. The molecule has 14 heavy (non-hydrogen) atoms. The molecule has 0 unspecified atom stereocenters. The first-order valence-electron chi connectivity index (χ1n) is 4.89. The van der Waals surface area contributed by atoms with E-state index in [0.29, 0.717) is 6.42 Å². The smallest absolute Gasteiger partial charge is 0.224 e. The Morgan fingerprint density at radius 1 is 1.50 bits per heavy atom. The summed E-state index contributed by atoms with van der Waals surface area (Å²) in [7, 11) is 0. The number of hydrogen-bond acceptors (Lipinski definition) is 1. The van der Waals surface area contributed by atoms with Crippen molar-refractivity contribution >= 4 is 17.7 Å². The third-order valence-electron chi connectivity index (χ3n) is 2.43. The zero-order valence-corrected chi connectivity index (χ0v) is 8.21. The van der Waals surface area contributed by atoms with E-state index in [-0.39, 0.29) is 5.91 Å². The molecule has 0 atom stereocenters. The van der Waals surface area contributed by atoms with Gasteiger partial charge in [-0.25, -0.2) is 0 Å². The molecular formula is C12H13NO. The van der Waals surface area contributed by atoms with Crippen molar-refractivity contribution in [2.75, 3.05) is 5.32 Å². The number of fused-ring (bicyclic) bond motifs is 1. The summed E-state index contributed by atoms with van der Waals surface area (Å²) < 4.78 is 0. The molecule has 0 saturated carbocycles. The lowest BCUT2D eigenvalue weighted by Crippen LogP contribution is -2.11. The first-order valence-corrected chi connectivity index (χ1v) is 4.89. The van der Waals surface area contributed by atoms with E-state index in [1.165, 1.54) is 11.1 Å². The number of carbonyl (C=O) groups excluding carboxylic acids is 1. The average molecular weight is 187 g/mol. The van der Waals surface area contributed by atoms with Crippen LogP contribution in [0.2, 0.25) is 0 Å². The number of carbonyl (C=O) groups is 1. The molecule has 0 spiro atoms. The van der Waals surface area contributed by atoms with Crippen molar-refractivity contribution in [3.05, 3.63) is 35.4 Å². The van der Waals surface area contributed by atoms with Crippen molar-refractivity contribution in [3.63, 3.8) is 0 Å². The molecule has 0 heterocycles. The highest BCUT2D eigenvalue weighted by molar-refractivity contribution is 5.92. The zero-order chi connectivity index (χ0) is 9.97. The highest BCUT2D eigenvalue weighted by Gasteiger charge is 2.10. The predicted octanol–water partition coefficient (Wildman–Crippen LogP) is 2.60. The van der Waals surface area contributed by atoms with E-state index in [1.54, 1.807) is 0 Å². The van der Waals surface area contributed by atoms with Crippen LogP contribution in [0.4, 0.5) is 5.69 Å². The van der Waals surface area contributed by atoms with E-state index in [1.807, 2.05) is 19.1 Å². The van der Waals surface area contributed by atoms with Crippen molar-refractivity contribution in [2.45, 2.75) is 19.8 Å². The van der Waals surface area contributed by atoms with Gasteiger partial charge >= 0.3 is 0 Å². The van der Waals surface area contributed by atoms with Crippen LogP contribution in [0.25, 0.3) is 6.08 Å². The monoisotopic (exact) mass is 187 g/mol. The molecule has 0 saturated heterocycles. The molecule has 2 heteroatoms. The van der Waals surface area contributed by atoms with Gasteiger partial charge in [0.05, 0.1) is 0 Å². The van der Waals surface area contributed by atoms with Gasteiger partial charge in [-0.2, -0.15) is 0 Å². The summed E-state index contributed by atoms with van der Waals surface area (Å²) in [6, 6.07) is 6.00. The van der Waals surface area contributed by atoms with Gasteiger partial charge in [0.2, 0.25) is 5.91 Å². The van der Waals surface area contributed by atoms with E-state index in [0.717, 1.165) is 12.1 Å². The topological polar surface area (TPSA) is 29.1 Å². The second kappa shape index (κ2) is 3.66. The Bertz CT molecular complexity index is 393. The number of allylic oxidation sites excluding steroid dienone is 1. The third kappa shape index (κ3) is 1.55. The Balaban J connectivity index is 2.28. The van der Waals surface area contributed by atoms with Crippen LogP contribution in [0.5, 0.6) is 0 Å². The van der Waals surface area contributed by atoms with Gasteiger partial charge in [0.15, 0.2) is 0 Å². The molecule has 0 bridgehead atoms. The van der Waals surface area contributed by atoms with Gasteiger partial charge in [-0.1, -0.05) is 31.2 Å². The van der Waals surface area contributed by atoms with Crippen molar-refractivity contribution in [3.8, 4) is 0 Å². The molecule has 1 aliphatic carbocycles. The molecule has 72 valence electrons. The minimum absolute atomic E-state index is 0.0744. The normalized spacial score (nSPS) is 12.6. The maximum atomic E-state index is 11.2. The summed E-state index contributed by atoms with van der Waals surface area (Å²) >= 11 is 0. The molecule has 1 aromatic carbocycles. The number of nitrogens with one attached hydrogen (secondary N) is 1. The molecule has 1 N–H and O–H groups in total. The Morgan fingerprint density at radius 3 is 3.14 bits per heavy atom. The Hall–Kier alpha value is -1.57. The Kier molecular flexibility index (Phi) is 2.35. The molecule has 2 nitrogen and oxygen atoms in total. The van der Waals surface area contributed by atoms with Gasteiger partial charge in [-0.05, 0) is 23.6 Å². The van der Waals surface area contributed by atoms with E-state index < -0.39 is 0 Å². The Morgan fingerprint density at radius 2 is 2.36 bits per heavy atom. The summed E-state index contributed by atoms with van der Waals surface area (Å²) in [4.78, 5) is 11.2. The number of anilines is 1. The molecule has 1 aliphatic rings. The lowest BCUT2D eigenvalue weighted by atomic mass is 10.1. The molecule has 1 aromatic rings. The van der Waals surface area contributed by atoms with Crippen LogP contribution in [0.3, 0.4) is 0 Å². The number of benzene rings is 1. The van der Waals surface area contributed by atoms with Crippen LogP contribution in [0.1, 0.15) is 24.5 Å². The average Bonchev–Trinajstić information content (AvgIpc) is 2.66. The van der Waals surface area contributed by atoms with Gasteiger partial charge in [-0.15, -0.1) is 0 Å². The van der Waals surface area contributed by atoms with E-state index in [4.69, 9.17) is 0 Å². The van der Waals surface area contributed by atoms with Crippen LogP contribution in [0.15, 0.2) is 24.3 Å². The highest BCUT2D eigenvalue weighted by atomic mass is 16.1. The molecular weight excluding hydrogens is 174 g/mol. The van der Waals surface area contributed by atoms with Crippen molar-refractivity contribution in [2.24, 2.45) is 0 Å². The number of rotatable bonds is 2. The van der Waals surface area contributed by atoms with Crippen LogP contribution < -0.4 is 5.32 Å². The van der Waals surface area contributed by atoms with E-state index >= 15 is 0 Å². The summed E-state index contributed by atoms with van der Waals surface area (Å²) in [5, 5.41) is 2.91. The van der Waals surface area contributed by atoms with E-state index in [9.17, 15) is 4.79 Å². The predicted molar refractivity (Wildman–Crippen MR) is 58.1 cm³/mol. The number of hydrogen-bond donors (Lipinski definition) is 1. The van der Waals surface area contributed by atoms with Gasteiger partial charge in [0, 0.05) is 12.1 Å². The third-order valence-corrected chi connectivity index (χ3v) is 2.43. The van der Waals surface area contributed by atoms with Gasteiger partial charge in [-0.3, -0.25) is 4.79 Å². The van der Waals surface area contributed by atoms with Crippen LogP contribution in [0, 0.1) is 0 Å². The van der Waals surface area contributed by atoms with Crippen LogP contribution >= 0.6 is 0 Å². The minimum atomic E-state index is 0.0744. The standard InChI is InChI=1S/C12H13NO/c1-2-12(14)13-11-8-4-6-9-5-3-7-10(9)11/h3-6,8H,2,7H2,1H3,(H,13,14). The van der Waals surface area contributed by atoms with Crippen molar-refractivity contribution in [1.82, 2.24) is 0 Å². The first kappa shape index (κ1) is 9.00. The fraction of sp³-hybridized carbons (Fsp3) is 0.250. The summed E-state index contributed by atoms with van der Waals surface area (Å²) in [5.74, 6) is 0.0744. The molecule has 0 fully saturated rings. The molecule has 0 radical (unpaired) electrons. The van der Waals surface area contributed by atoms with Crippen LogP contribution in [-0.2, 0) is 11.2 Å².